The van der Waals surface area contributed by atoms with Gasteiger partial charge in [-0.25, -0.2) is 9.99 Å². The lowest BCUT2D eigenvalue weighted by molar-refractivity contribution is 0.0742. The molecule has 0 saturated carbocycles. The van der Waals surface area contributed by atoms with Gasteiger partial charge in [0.1, 0.15) is 12.5 Å². The van der Waals surface area contributed by atoms with Gasteiger partial charge in [-0.15, -0.1) is 0 Å². The molecular weight excluding hydrogens is 490 g/mol. The van der Waals surface area contributed by atoms with Crippen molar-refractivity contribution in [2.75, 3.05) is 19.8 Å². The van der Waals surface area contributed by atoms with Gasteiger partial charge in [0.25, 0.3) is 5.91 Å². The molecule has 35 heavy (non-hydrogen) atoms. The van der Waals surface area contributed by atoms with Gasteiger partial charge in [0, 0.05) is 41.3 Å². The molecule has 0 unspecified atom stereocenters. The molecule has 3 aromatic rings. The average molecular weight is 515 g/mol. The number of imidazole rings is 1. The van der Waals surface area contributed by atoms with Crippen LogP contribution in [0.3, 0.4) is 0 Å². The summed E-state index contributed by atoms with van der Waals surface area (Å²) < 4.78 is 14.1. The fourth-order valence-electron chi connectivity index (χ4n) is 4.02. The number of carbonyl (C=O) groups is 1. The van der Waals surface area contributed by atoms with Crippen LogP contribution in [0.4, 0.5) is 4.39 Å². The summed E-state index contributed by atoms with van der Waals surface area (Å²) in [5.41, 5.74) is 5.32. The number of hydrogen-bond acceptors (Lipinski definition) is 4. The largest absolute Gasteiger partial charge is 0.390 e. The number of piperidine rings is 1. The first-order chi connectivity index (χ1) is 17.0. The number of benzene rings is 2. The van der Waals surface area contributed by atoms with Crippen LogP contribution in [0.2, 0.25) is 10.0 Å². The zero-order chi connectivity index (χ0) is 24.8. The average Bonchev–Trinajstić information content (AvgIpc) is 3.25. The SMILES string of the molecule is O=C(NN1CCCCC1)c1nc(-c2ccc(Cl)cc2Cl)n(-c2ccc(C#CCCF)cc2)c1CO. The number of halogens is 3. The monoisotopic (exact) mass is 514 g/mol. The van der Waals surface area contributed by atoms with E-state index in [1.165, 1.54) is 0 Å². The van der Waals surface area contributed by atoms with E-state index in [4.69, 9.17) is 23.2 Å². The van der Waals surface area contributed by atoms with E-state index in [0.29, 0.717) is 32.8 Å². The van der Waals surface area contributed by atoms with Crippen LogP contribution >= 0.6 is 23.2 Å². The Hall–Kier alpha value is -2.89. The summed E-state index contributed by atoms with van der Waals surface area (Å²) >= 11 is 12.6. The summed E-state index contributed by atoms with van der Waals surface area (Å²) in [5.74, 6) is 5.69. The van der Waals surface area contributed by atoms with Crippen LogP contribution < -0.4 is 5.43 Å². The highest BCUT2D eigenvalue weighted by atomic mass is 35.5. The molecule has 2 heterocycles. The third-order valence-corrected chi connectivity index (χ3v) is 6.25. The number of amides is 1. The highest BCUT2D eigenvalue weighted by Gasteiger charge is 2.26. The molecule has 1 fully saturated rings. The first kappa shape index (κ1) is 25.2. The van der Waals surface area contributed by atoms with Crippen LogP contribution in [-0.2, 0) is 6.61 Å². The van der Waals surface area contributed by atoms with Crippen molar-refractivity contribution in [1.29, 1.82) is 0 Å². The molecule has 2 aromatic carbocycles. The first-order valence-electron chi connectivity index (χ1n) is 11.4. The second kappa shape index (κ2) is 11.7. The van der Waals surface area contributed by atoms with E-state index in [1.54, 1.807) is 47.0 Å². The van der Waals surface area contributed by atoms with Gasteiger partial charge in [0.15, 0.2) is 5.69 Å². The smallest absolute Gasteiger partial charge is 0.286 e. The maximum Gasteiger partial charge on any atom is 0.286 e. The molecule has 2 N–H and O–H groups in total. The van der Waals surface area contributed by atoms with E-state index in [-0.39, 0.29) is 12.1 Å². The lowest BCUT2D eigenvalue weighted by Gasteiger charge is -2.26. The molecule has 1 aromatic heterocycles. The minimum atomic E-state index is -0.493. The molecule has 1 aliphatic heterocycles. The third-order valence-electron chi connectivity index (χ3n) is 5.70. The van der Waals surface area contributed by atoms with E-state index < -0.39 is 19.2 Å². The van der Waals surface area contributed by atoms with Crippen LogP contribution in [0.15, 0.2) is 42.5 Å². The zero-order valence-corrected chi connectivity index (χ0v) is 20.5. The predicted octanol–water partition coefficient (Wildman–Crippen LogP) is 5.18. The maximum atomic E-state index is 13.2. The number of nitrogens with zero attached hydrogens (tertiary/aromatic N) is 3. The summed E-state index contributed by atoms with van der Waals surface area (Å²) in [6.07, 6.45) is 3.32. The van der Waals surface area contributed by atoms with Crippen molar-refractivity contribution in [2.24, 2.45) is 0 Å². The number of carbonyl (C=O) groups excluding carboxylic acids is 1. The molecule has 0 bridgehead atoms. The zero-order valence-electron chi connectivity index (χ0n) is 19.0. The fourth-order valence-corrected chi connectivity index (χ4v) is 4.51. The summed E-state index contributed by atoms with van der Waals surface area (Å²) in [6, 6.07) is 12.2. The molecule has 0 atom stereocenters. The summed E-state index contributed by atoms with van der Waals surface area (Å²) in [7, 11) is 0. The molecule has 182 valence electrons. The van der Waals surface area contributed by atoms with Crippen LogP contribution in [0.1, 0.15) is 47.4 Å². The number of aromatic nitrogens is 2. The van der Waals surface area contributed by atoms with Gasteiger partial charge >= 0.3 is 0 Å². The van der Waals surface area contributed by atoms with Crippen LogP contribution in [0.25, 0.3) is 17.1 Å². The highest BCUT2D eigenvalue weighted by Crippen LogP contribution is 2.33. The maximum absolute atomic E-state index is 13.2. The molecule has 0 spiro atoms. The quantitative estimate of drug-likeness (QED) is 0.444. The van der Waals surface area contributed by atoms with Crippen molar-refractivity contribution < 1.29 is 14.3 Å². The van der Waals surface area contributed by atoms with E-state index in [9.17, 15) is 14.3 Å². The molecule has 6 nitrogen and oxygen atoms in total. The number of alkyl halides is 1. The second-order valence-corrected chi connectivity index (χ2v) is 8.97. The first-order valence-corrected chi connectivity index (χ1v) is 12.2. The lowest BCUT2D eigenvalue weighted by Crippen LogP contribution is -2.45. The van der Waals surface area contributed by atoms with Crippen molar-refractivity contribution in [1.82, 2.24) is 20.0 Å². The second-order valence-electron chi connectivity index (χ2n) is 8.12. The summed E-state index contributed by atoms with van der Waals surface area (Å²) in [4.78, 5) is 17.9. The van der Waals surface area contributed by atoms with Gasteiger partial charge in [-0.1, -0.05) is 41.5 Å². The van der Waals surface area contributed by atoms with Crippen molar-refractivity contribution in [3.05, 3.63) is 69.5 Å². The van der Waals surface area contributed by atoms with E-state index in [1.807, 2.05) is 5.01 Å². The Morgan fingerprint density at radius 1 is 1.11 bits per heavy atom. The van der Waals surface area contributed by atoms with Crippen molar-refractivity contribution in [2.45, 2.75) is 32.3 Å². The Kier molecular flexibility index (Phi) is 8.42. The Morgan fingerprint density at radius 2 is 1.86 bits per heavy atom. The van der Waals surface area contributed by atoms with E-state index >= 15 is 0 Å². The molecule has 0 radical (unpaired) electrons. The van der Waals surface area contributed by atoms with Gasteiger partial charge in [-0.3, -0.25) is 19.2 Å². The number of hydrogen-bond donors (Lipinski definition) is 2. The topological polar surface area (TPSA) is 70.4 Å². The molecule has 1 saturated heterocycles. The van der Waals surface area contributed by atoms with Crippen molar-refractivity contribution >= 4 is 29.1 Å². The molecule has 9 heteroatoms. The highest BCUT2D eigenvalue weighted by molar-refractivity contribution is 6.36. The van der Waals surface area contributed by atoms with Gasteiger partial charge in [-0.05, 0) is 55.3 Å². The van der Waals surface area contributed by atoms with E-state index in [2.05, 4.69) is 22.3 Å². The molecule has 1 amide bonds. The number of aliphatic hydroxyl groups is 1. The fraction of sp³-hybridized carbons (Fsp3) is 0.308. The van der Waals surface area contributed by atoms with E-state index in [0.717, 1.165) is 37.9 Å². The van der Waals surface area contributed by atoms with Gasteiger partial charge in [-0.2, -0.15) is 0 Å². The van der Waals surface area contributed by atoms with Crippen LogP contribution in [0, 0.1) is 11.8 Å². The normalized spacial score (nSPS) is 13.8. The Labute approximate surface area is 213 Å². The van der Waals surface area contributed by atoms with Gasteiger partial charge < -0.3 is 5.11 Å². The summed E-state index contributed by atoms with van der Waals surface area (Å²) in [5, 5.41) is 13.0. The number of aliphatic hydroxyl groups excluding tert-OH is 1. The third kappa shape index (κ3) is 5.85. The Morgan fingerprint density at radius 3 is 2.51 bits per heavy atom. The lowest BCUT2D eigenvalue weighted by atomic mass is 10.1. The predicted molar refractivity (Wildman–Crippen MR) is 135 cm³/mol. The van der Waals surface area contributed by atoms with Crippen LogP contribution in [0.5, 0.6) is 0 Å². The Bertz CT molecular complexity index is 1260. The Balaban J connectivity index is 1.80. The standard InChI is InChI=1S/C26H25Cl2FN4O2/c27-19-9-12-21(22(28)16-19)25-30-24(26(35)31-32-14-4-1-5-15-32)23(17-34)33(25)20-10-7-18(8-11-20)6-2-3-13-29/h7-12,16,34H,1,3-5,13-15,17H2,(H,31,35). The van der Waals surface area contributed by atoms with Gasteiger partial charge in [0.05, 0.1) is 17.3 Å². The number of rotatable bonds is 6. The number of hydrazine groups is 1. The minimum absolute atomic E-state index is 0.117. The molecule has 1 aliphatic rings. The minimum Gasteiger partial charge on any atom is -0.390 e. The molecular formula is C26H25Cl2FN4O2. The summed E-state index contributed by atoms with van der Waals surface area (Å²) in [6.45, 7) is 0.621. The molecule has 0 aliphatic carbocycles. The molecule has 4 rings (SSSR count). The van der Waals surface area contributed by atoms with Gasteiger partial charge in [0.2, 0.25) is 0 Å². The number of nitrogens with one attached hydrogen (secondary N) is 1. The van der Waals surface area contributed by atoms with Crippen molar-refractivity contribution in [3.63, 3.8) is 0 Å². The van der Waals surface area contributed by atoms with Crippen molar-refractivity contribution in [3.8, 4) is 28.9 Å². The van der Waals surface area contributed by atoms with Crippen LogP contribution in [-0.4, -0.2) is 45.3 Å².